The van der Waals surface area contributed by atoms with Crippen LogP contribution in [0.15, 0.2) is 53.4 Å². The Morgan fingerprint density at radius 3 is 2.21 bits per heavy atom. The van der Waals surface area contributed by atoms with E-state index in [1.807, 2.05) is 37.3 Å². The van der Waals surface area contributed by atoms with Crippen molar-refractivity contribution in [2.75, 3.05) is 0 Å². The van der Waals surface area contributed by atoms with E-state index in [1.54, 1.807) is 12.1 Å². The third kappa shape index (κ3) is 3.45. The highest BCUT2D eigenvalue weighted by atomic mass is 32.1. The van der Waals surface area contributed by atoms with Crippen LogP contribution in [0.2, 0.25) is 0 Å². The SMILES string of the molecule is CC(=Cc1ccc([N+](=O)[O-])cc1)c1ccc(S)cc1. The van der Waals surface area contributed by atoms with Gasteiger partial charge in [0.05, 0.1) is 4.92 Å². The van der Waals surface area contributed by atoms with Crippen LogP contribution in [0.25, 0.3) is 11.6 Å². The van der Waals surface area contributed by atoms with E-state index in [0.29, 0.717) is 0 Å². The number of thiol groups is 1. The van der Waals surface area contributed by atoms with Gasteiger partial charge in [0.25, 0.3) is 5.69 Å². The van der Waals surface area contributed by atoms with Crippen LogP contribution in [-0.4, -0.2) is 4.92 Å². The van der Waals surface area contributed by atoms with Gasteiger partial charge in [-0.1, -0.05) is 18.2 Å². The van der Waals surface area contributed by atoms with Gasteiger partial charge in [-0.05, 0) is 47.9 Å². The van der Waals surface area contributed by atoms with E-state index < -0.39 is 4.92 Å². The summed E-state index contributed by atoms with van der Waals surface area (Å²) in [5.41, 5.74) is 3.26. The Labute approximate surface area is 117 Å². The zero-order chi connectivity index (χ0) is 13.8. The van der Waals surface area contributed by atoms with Gasteiger partial charge in [0.15, 0.2) is 0 Å². The van der Waals surface area contributed by atoms with Crippen LogP contribution in [0, 0.1) is 10.1 Å². The van der Waals surface area contributed by atoms with Crippen molar-refractivity contribution in [3.8, 4) is 0 Å². The molecule has 3 nitrogen and oxygen atoms in total. The molecule has 0 aliphatic rings. The summed E-state index contributed by atoms with van der Waals surface area (Å²) in [6.07, 6.45) is 2.00. The Balaban J connectivity index is 2.25. The second-order valence-electron chi connectivity index (χ2n) is 4.22. The highest BCUT2D eigenvalue weighted by Gasteiger charge is 2.03. The van der Waals surface area contributed by atoms with Crippen LogP contribution in [0.5, 0.6) is 0 Å². The number of hydrogen-bond acceptors (Lipinski definition) is 3. The van der Waals surface area contributed by atoms with Gasteiger partial charge in [-0.3, -0.25) is 10.1 Å². The van der Waals surface area contributed by atoms with Gasteiger partial charge < -0.3 is 0 Å². The largest absolute Gasteiger partial charge is 0.269 e. The van der Waals surface area contributed by atoms with Gasteiger partial charge in [-0.2, -0.15) is 0 Å². The summed E-state index contributed by atoms with van der Waals surface area (Å²) < 4.78 is 0. The topological polar surface area (TPSA) is 43.1 Å². The minimum absolute atomic E-state index is 0.106. The number of allylic oxidation sites excluding steroid dienone is 1. The summed E-state index contributed by atoms with van der Waals surface area (Å²) >= 11 is 4.25. The quantitative estimate of drug-likeness (QED) is 0.388. The first kappa shape index (κ1) is 13.4. The average Bonchev–Trinajstić information content (AvgIpc) is 2.40. The predicted molar refractivity (Wildman–Crippen MR) is 80.3 cm³/mol. The third-order valence-corrected chi connectivity index (χ3v) is 3.11. The van der Waals surface area contributed by atoms with Crippen molar-refractivity contribution in [2.45, 2.75) is 11.8 Å². The molecule has 0 aromatic heterocycles. The van der Waals surface area contributed by atoms with Crippen LogP contribution >= 0.6 is 12.6 Å². The normalized spacial score (nSPS) is 11.4. The molecule has 0 spiro atoms. The summed E-state index contributed by atoms with van der Waals surface area (Å²) in [6.45, 7) is 2.01. The van der Waals surface area contributed by atoms with Crippen LogP contribution in [-0.2, 0) is 0 Å². The summed E-state index contributed by atoms with van der Waals surface area (Å²) in [6, 6.07) is 14.4. The maximum Gasteiger partial charge on any atom is 0.269 e. The number of nitro groups is 1. The van der Waals surface area contributed by atoms with Gasteiger partial charge in [0.2, 0.25) is 0 Å². The van der Waals surface area contributed by atoms with Crippen molar-refractivity contribution >= 4 is 30.0 Å². The molecule has 4 heteroatoms. The number of benzene rings is 2. The van der Waals surface area contributed by atoms with Crippen molar-refractivity contribution in [3.05, 3.63) is 69.8 Å². The highest BCUT2D eigenvalue weighted by Crippen LogP contribution is 2.20. The van der Waals surface area contributed by atoms with Crippen molar-refractivity contribution < 1.29 is 4.92 Å². The molecule has 0 radical (unpaired) electrons. The molecule has 0 heterocycles. The summed E-state index contributed by atoms with van der Waals surface area (Å²) in [5, 5.41) is 10.6. The fourth-order valence-corrected chi connectivity index (χ4v) is 1.90. The summed E-state index contributed by atoms with van der Waals surface area (Å²) in [5.74, 6) is 0. The van der Waals surface area contributed by atoms with Crippen LogP contribution in [0.3, 0.4) is 0 Å². The molecule has 0 aliphatic heterocycles. The fraction of sp³-hybridized carbons (Fsp3) is 0.0667. The third-order valence-electron chi connectivity index (χ3n) is 2.81. The second kappa shape index (κ2) is 5.71. The Hall–Kier alpha value is -2.07. The van der Waals surface area contributed by atoms with Crippen LogP contribution in [0.4, 0.5) is 5.69 Å². The molecule has 2 rings (SSSR count). The van der Waals surface area contributed by atoms with E-state index in [0.717, 1.165) is 21.6 Å². The average molecular weight is 271 g/mol. The van der Waals surface area contributed by atoms with E-state index in [-0.39, 0.29) is 5.69 Å². The molecular weight excluding hydrogens is 258 g/mol. The van der Waals surface area contributed by atoms with Crippen molar-refractivity contribution in [2.24, 2.45) is 0 Å². The summed E-state index contributed by atoms with van der Waals surface area (Å²) in [7, 11) is 0. The molecule has 0 unspecified atom stereocenters. The number of nitrogens with zero attached hydrogens (tertiary/aromatic N) is 1. The van der Waals surface area contributed by atoms with E-state index in [4.69, 9.17) is 0 Å². The molecule has 19 heavy (non-hydrogen) atoms. The van der Waals surface area contributed by atoms with E-state index >= 15 is 0 Å². The molecule has 0 atom stereocenters. The Bertz CT molecular complexity index is 616. The number of nitro benzene ring substituents is 1. The maximum atomic E-state index is 10.6. The monoisotopic (exact) mass is 271 g/mol. The molecule has 0 bridgehead atoms. The molecule has 0 saturated heterocycles. The van der Waals surface area contributed by atoms with Gasteiger partial charge in [0.1, 0.15) is 0 Å². The molecule has 2 aromatic rings. The first-order chi connectivity index (χ1) is 9.06. The molecule has 0 N–H and O–H groups in total. The van der Waals surface area contributed by atoms with Gasteiger partial charge >= 0.3 is 0 Å². The highest BCUT2D eigenvalue weighted by molar-refractivity contribution is 7.80. The van der Waals surface area contributed by atoms with Crippen molar-refractivity contribution in [1.82, 2.24) is 0 Å². The minimum Gasteiger partial charge on any atom is -0.258 e. The molecule has 0 aliphatic carbocycles. The lowest BCUT2D eigenvalue weighted by molar-refractivity contribution is -0.384. The van der Waals surface area contributed by atoms with Crippen molar-refractivity contribution in [3.63, 3.8) is 0 Å². The zero-order valence-electron chi connectivity index (χ0n) is 10.4. The molecule has 2 aromatic carbocycles. The van der Waals surface area contributed by atoms with Crippen LogP contribution < -0.4 is 0 Å². The smallest absolute Gasteiger partial charge is 0.258 e. The lowest BCUT2D eigenvalue weighted by Gasteiger charge is -2.02. The van der Waals surface area contributed by atoms with Crippen molar-refractivity contribution in [1.29, 1.82) is 0 Å². The number of hydrogen-bond donors (Lipinski definition) is 1. The fourth-order valence-electron chi connectivity index (χ4n) is 1.75. The molecule has 0 saturated carbocycles. The maximum absolute atomic E-state index is 10.6. The van der Waals surface area contributed by atoms with Gasteiger partial charge in [-0.15, -0.1) is 12.6 Å². The zero-order valence-corrected chi connectivity index (χ0v) is 11.3. The Morgan fingerprint density at radius 2 is 1.68 bits per heavy atom. The molecule has 0 fully saturated rings. The first-order valence-corrected chi connectivity index (χ1v) is 6.23. The lowest BCUT2D eigenvalue weighted by atomic mass is 10.0. The van der Waals surface area contributed by atoms with E-state index in [1.165, 1.54) is 12.1 Å². The van der Waals surface area contributed by atoms with E-state index in [2.05, 4.69) is 12.6 Å². The minimum atomic E-state index is -0.397. The number of non-ortho nitro benzene ring substituents is 1. The first-order valence-electron chi connectivity index (χ1n) is 5.78. The Kier molecular flexibility index (Phi) is 4.02. The second-order valence-corrected chi connectivity index (χ2v) is 4.74. The molecule has 0 amide bonds. The van der Waals surface area contributed by atoms with Gasteiger partial charge in [-0.25, -0.2) is 0 Å². The Morgan fingerprint density at radius 1 is 1.11 bits per heavy atom. The van der Waals surface area contributed by atoms with Gasteiger partial charge in [0, 0.05) is 17.0 Å². The summed E-state index contributed by atoms with van der Waals surface area (Å²) in [4.78, 5) is 11.1. The molecule has 96 valence electrons. The van der Waals surface area contributed by atoms with Crippen LogP contribution in [0.1, 0.15) is 18.1 Å². The standard InChI is InChI=1S/C15H13NO2S/c1-11(13-4-8-15(19)9-5-13)10-12-2-6-14(7-3-12)16(17)18/h2-10,19H,1H3. The predicted octanol–water partition coefficient (Wildman–Crippen LogP) is 4.44. The molecular formula is C15H13NO2S. The van der Waals surface area contributed by atoms with E-state index in [9.17, 15) is 10.1 Å². The lowest BCUT2D eigenvalue weighted by Crippen LogP contribution is -1.87. The number of rotatable bonds is 3.